The molecule has 2 aromatic rings. The van der Waals surface area contributed by atoms with Crippen LogP contribution in [0.15, 0.2) is 47.6 Å². The number of aromatic nitrogens is 1. The average molecular weight is 387 g/mol. The molecule has 1 aromatic heterocycles. The van der Waals surface area contributed by atoms with Crippen molar-refractivity contribution >= 4 is 40.1 Å². The molecule has 2 atom stereocenters. The number of nitrogens with one attached hydrogen (secondary N) is 1. The number of nitrogens with zero attached hydrogens (tertiary/aromatic N) is 2. The van der Waals surface area contributed by atoms with E-state index in [1.54, 1.807) is 23.9 Å². The van der Waals surface area contributed by atoms with Crippen LogP contribution in [0.25, 0.3) is 0 Å². The van der Waals surface area contributed by atoms with Gasteiger partial charge in [0.1, 0.15) is 5.69 Å². The van der Waals surface area contributed by atoms with E-state index in [0.29, 0.717) is 21.8 Å². The van der Waals surface area contributed by atoms with E-state index in [4.69, 9.17) is 22.3 Å². The lowest BCUT2D eigenvalue weighted by atomic mass is 9.81. The minimum absolute atomic E-state index is 0.255. The second-order valence-electron chi connectivity index (χ2n) is 6.67. The number of benzene rings is 1. The summed E-state index contributed by atoms with van der Waals surface area (Å²) in [6.07, 6.45) is 4.77. The van der Waals surface area contributed by atoms with Crippen molar-refractivity contribution in [3.8, 4) is 0 Å². The second-order valence-corrected chi connectivity index (χ2v) is 8.15. The van der Waals surface area contributed by atoms with Gasteiger partial charge in [0.2, 0.25) is 0 Å². The summed E-state index contributed by atoms with van der Waals surface area (Å²) >= 11 is 7.47. The van der Waals surface area contributed by atoms with Crippen LogP contribution in [0.3, 0.4) is 0 Å². The zero-order chi connectivity index (χ0) is 18.1. The average Bonchev–Trinajstić information content (AvgIpc) is 3.06. The Kier molecular flexibility index (Phi) is 4.63. The van der Waals surface area contributed by atoms with Crippen molar-refractivity contribution in [1.82, 2.24) is 4.98 Å². The summed E-state index contributed by atoms with van der Waals surface area (Å²) in [7, 11) is 0. The molecule has 1 aliphatic heterocycles. The molecule has 2 heterocycles. The van der Waals surface area contributed by atoms with Crippen molar-refractivity contribution in [2.45, 2.75) is 24.8 Å². The maximum atomic E-state index is 12.4. The first-order valence-electron chi connectivity index (χ1n) is 8.58. The van der Waals surface area contributed by atoms with Crippen molar-refractivity contribution in [2.75, 3.05) is 11.1 Å². The third kappa shape index (κ3) is 3.19. The van der Waals surface area contributed by atoms with Gasteiger partial charge in [0.25, 0.3) is 5.91 Å². The molecule has 0 bridgehead atoms. The lowest BCUT2D eigenvalue weighted by Crippen LogP contribution is -2.36. The van der Waals surface area contributed by atoms with Gasteiger partial charge in [-0.05, 0) is 48.6 Å². The Morgan fingerprint density at radius 1 is 1.35 bits per heavy atom. The van der Waals surface area contributed by atoms with Gasteiger partial charge in [0.05, 0.1) is 10.6 Å². The molecule has 26 heavy (non-hydrogen) atoms. The first-order chi connectivity index (χ1) is 12.6. The number of anilines is 1. The van der Waals surface area contributed by atoms with Crippen molar-refractivity contribution in [3.63, 3.8) is 0 Å². The zero-order valence-corrected chi connectivity index (χ0v) is 15.7. The standard InChI is InChI=1S/C19H19ClN4OS/c20-14-6-7-16(22-10-14)17(25)23-15-5-1-3-12(9-15)19-8-2-4-13(19)11-26-18(21)24-19/h1,3,5-7,9-10,13H,2,4,8,11H2,(H2,21,24)(H,23,25). The topological polar surface area (TPSA) is 80.4 Å². The number of aliphatic imine (C=N–C) groups is 1. The van der Waals surface area contributed by atoms with E-state index in [1.165, 1.54) is 6.20 Å². The molecule has 4 rings (SSSR count). The van der Waals surface area contributed by atoms with Gasteiger partial charge in [-0.15, -0.1) is 0 Å². The van der Waals surface area contributed by atoms with Gasteiger partial charge in [-0.2, -0.15) is 0 Å². The van der Waals surface area contributed by atoms with Crippen LogP contribution in [-0.2, 0) is 5.54 Å². The number of halogens is 1. The highest BCUT2D eigenvalue weighted by Crippen LogP contribution is 2.50. The maximum Gasteiger partial charge on any atom is 0.274 e. The van der Waals surface area contributed by atoms with Crippen LogP contribution >= 0.6 is 23.4 Å². The number of amides is 1. The molecule has 1 saturated carbocycles. The Hall–Kier alpha value is -2.05. The number of carbonyl (C=O) groups excluding carboxylic acids is 1. The fourth-order valence-corrected chi connectivity index (χ4v) is 5.01. The van der Waals surface area contributed by atoms with Gasteiger partial charge in [-0.1, -0.05) is 41.9 Å². The molecule has 134 valence electrons. The summed E-state index contributed by atoms with van der Waals surface area (Å²) in [6.45, 7) is 0. The van der Waals surface area contributed by atoms with Crippen LogP contribution in [0.2, 0.25) is 5.02 Å². The summed E-state index contributed by atoms with van der Waals surface area (Å²) in [4.78, 5) is 21.3. The largest absolute Gasteiger partial charge is 0.379 e. The smallest absolute Gasteiger partial charge is 0.274 e. The van der Waals surface area contributed by atoms with E-state index in [-0.39, 0.29) is 11.4 Å². The Balaban J connectivity index is 1.62. The minimum atomic E-state index is -0.262. The van der Waals surface area contributed by atoms with Crippen LogP contribution in [-0.4, -0.2) is 21.8 Å². The molecule has 1 fully saturated rings. The number of fused-ring (bicyclic) bond motifs is 1. The maximum absolute atomic E-state index is 12.4. The van der Waals surface area contributed by atoms with Crippen LogP contribution in [0.1, 0.15) is 35.3 Å². The van der Waals surface area contributed by atoms with E-state index in [9.17, 15) is 4.79 Å². The van der Waals surface area contributed by atoms with Gasteiger partial charge >= 0.3 is 0 Å². The molecule has 0 spiro atoms. The fraction of sp³-hybridized carbons (Fsp3) is 0.316. The fourth-order valence-electron chi connectivity index (χ4n) is 3.86. The van der Waals surface area contributed by atoms with E-state index in [0.717, 1.165) is 36.3 Å². The molecule has 1 amide bonds. The van der Waals surface area contributed by atoms with Gasteiger partial charge in [-0.3, -0.25) is 9.79 Å². The molecule has 7 heteroatoms. The van der Waals surface area contributed by atoms with Crippen LogP contribution in [0.4, 0.5) is 5.69 Å². The molecule has 5 nitrogen and oxygen atoms in total. The molecule has 1 aliphatic carbocycles. The predicted molar refractivity (Wildman–Crippen MR) is 107 cm³/mol. The Morgan fingerprint density at radius 2 is 2.23 bits per heavy atom. The van der Waals surface area contributed by atoms with Gasteiger partial charge in [-0.25, -0.2) is 4.98 Å². The summed E-state index contributed by atoms with van der Waals surface area (Å²) in [5.41, 5.74) is 7.96. The lowest BCUT2D eigenvalue weighted by Gasteiger charge is -2.36. The quantitative estimate of drug-likeness (QED) is 0.834. The molecule has 0 radical (unpaired) electrons. The molecule has 3 N–H and O–H groups in total. The van der Waals surface area contributed by atoms with E-state index in [2.05, 4.69) is 16.4 Å². The number of thioether (sulfide) groups is 1. The Labute approximate surface area is 161 Å². The van der Waals surface area contributed by atoms with Gasteiger partial charge in [0, 0.05) is 17.6 Å². The van der Waals surface area contributed by atoms with Crippen molar-refractivity contribution in [3.05, 3.63) is 58.9 Å². The second kappa shape index (κ2) is 6.93. The predicted octanol–water partition coefficient (Wildman–Crippen LogP) is 4.04. The summed E-state index contributed by atoms with van der Waals surface area (Å²) < 4.78 is 0. The number of nitrogens with two attached hydrogens (primary N) is 1. The first kappa shape index (κ1) is 17.4. The minimum Gasteiger partial charge on any atom is -0.379 e. The third-order valence-electron chi connectivity index (χ3n) is 5.11. The van der Waals surface area contributed by atoms with Crippen LogP contribution < -0.4 is 11.1 Å². The number of pyridine rings is 1. The van der Waals surface area contributed by atoms with Gasteiger partial charge in [0.15, 0.2) is 5.17 Å². The molecule has 1 aromatic carbocycles. The zero-order valence-electron chi connectivity index (χ0n) is 14.1. The Morgan fingerprint density at radius 3 is 3.04 bits per heavy atom. The first-order valence-corrected chi connectivity index (χ1v) is 9.95. The monoisotopic (exact) mass is 386 g/mol. The number of hydrogen-bond donors (Lipinski definition) is 2. The highest BCUT2D eigenvalue weighted by atomic mass is 35.5. The van der Waals surface area contributed by atoms with Crippen LogP contribution in [0, 0.1) is 5.92 Å². The van der Waals surface area contributed by atoms with Crippen molar-refractivity contribution < 1.29 is 4.79 Å². The summed E-state index contributed by atoms with van der Waals surface area (Å²) in [5.74, 6) is 1.23. The third-order valence-corrected chi connectivity index (χ3v) is 6.29. The number of carbonyl (C=O) groups is 1. The highest BCUT2D eigenvalue weighted by molar-refractivity contribution is 8.13. The molecule has 2 unspecified atom stereocenters. The molecular weight excluding hydrogens is 368 g/mol. The molecule has 2 aliphatic rings. The molecular formula is C19H19ClN4OS. The number of amidine groups is 1. The van der Waals surface area contributed by atoms with E-state index in [1.807, 2.05) is 18.2 Å². The SMILES string of the molecule is NC1=NC2(c3cccc(NC(=O)c4ccc(Cl)cn4)c3)CCCC2CS1. The van der Waals surface area contributed by atoms with Crippen molar-refractivity contribution in [1.29, 1.82) is 0 Å². The summed E-state index contributed by atoms with van der Waals surface area (Å²) in [6, 6.07) is 11.2. The van der Waals surface area contributed by atoms with E-state index >= 15 is 0 Å². The Bertz CT molecular complexity index is 870. The lowest BCUT2D eigenvalue weighted by molar-refractivity contribution is 0.102. The highest BCUT2D eigenvalue weighted by Gasteiger charge is 2.46. The molecule has 0 saturated heterocycles. The van der Waals surface area contributed by atoms with Crippen LogP contribution in [0.5, 0.6) is 0 Å². The van der Waals surface area contributed by atoms with Gasteiger partial charge < -0.3 is 11.1 Å². The van der Waals surface area contributed by atoms with Crippen molar-refractivity contribution in [2.24, 2.45) is 16.6 Å². The number of rotatable bonds is 3. The number of hydrogen-bond acceptors (Lipinski definition) is 5. The normalized spacial score (nSPS) is 24.7. The van der Waals surface area contributed by atoms with E-state index < -0.39 is 0 Å². The summed E-state index contributed by atoms with van der Waals surface area (Å²) in [5, 5.41) is 4.07.